The fourth-order valence-corrected chi connectivity index (χ4v) is 2.73. The van der Waals surface area contributed by atoms with Gasteiger partial charge < -0.3 is 15.2 Å². The molecule has 0 fully saturated rings. The molecule has 3 rings (SSSR count). The standard InChI is InChI=1S/C17H20N4O2/c1-22-16-6-5-14(9-17(16)23-2)21-15(8-13(10-18)20-21)12-4-3-7-19-11-12/h3-7,9,11,15H,8,10,18H2,1-2H3. The van der Waals surface area contributed by atoms with Crippen molar-refractivity contribution >= 4 is 11.4 Å². The molecule has 0 amide bonds. The molecule has 23 heavy (non-hydrogen) atoms. The number of ether oxygens (including phenoxy) is 2. The highest BCUT2D eigenvalue weighted by Crippen LogP contribution is 2.38. The lowest BCUT2D eigenvalue weighted by atomic mass is 10.0. The minimum Gasteiger partial charge on any atom is -0.493 e. The van der Waals surface area contributed by atoms with E-state index in [9.17, 15) is 0 Å². The van der Waals surface area contributed by atoms with Gasteiger partial charge in [0.15, 0.2) is 11.5 Å². The minimum absolute atomic E-state index is 0.0837. The number of nitrogens with two attached hydrogens (primary N) is 1. The van der Waals surface area contributed by atoms with E-state index in [1.807, 2.05) is 35.5 Å². The van der Waals surface area contributed by atoms with Crippen LogP contribution in [0.1, 0.15) is 18.0 Å². The van der Waals surface area contributed by atoms with Crippen molar-refractivity contribution in [1.82, 2.24) is 4.98 Å². The highest BCUT2D eigenvalue weighted by molar-refractivity contribution is 5.90. The molecular formula is C17H20N4O2. The van der Waals surface area contributed by atoms with Crippen molar-refractivity contribution in [1.29, 1.82) is 0 Å². The molecule has 0 aliphatic carbocycles. The topological polar surface area (TPSA) is 73.0 Å². The first-order valence-electron chi connectivity index (χ1n) is 7.44. The Hall–Kier alpha value is -2.60. The van der Waals surface area contributed by atoms with Gasteiger partial charge in [-0.25, -0.2) is 0 Å². The van der Waals surface area contributed by atoms with Crippen molar-refractivity contribution in [3.8, 4) is 11.5 Å². The number of methoxy groups -OCH3 is 2. The Kier molecular flexibility index (Phi) is 4.43. The Morgan fingerprint density at radius 3 is 2.70 bits per heavy atom. The SMILES string of the molecule is COc1ccc(N2N=C(CN)CC2c2cccnc2)cc1OC. The Labute approximate surface area is 135 Å². The second-order valence-corrected chi connectivity index (χ2v) is 5.26. The van der Waals surface area contributed by atoms with E-state index in [0.717, 1.165) is 23.4 Å². The Morgan fingerprint density at radius 1 is 1.22 bits per heavy atom. The predicted octanol–water partition coefficient (Wildman–Crippen LogP) is 2.36. The molecule has 1 aliphatic rings. The number of hydrazone groups is 1. The monoisotopic (exact) mass is 312 g/mol. The van der Waals surface area contributed by atoms with E-state index >= 15 is 0 Å². The molecule has 6 nitrogen and oxygen atoms in total. The van der Waals surface area contributed by atoms with Crippen LogP contribution in [0.25, 0.3) is 0 Å². The van der Waals surface area contributed by atoms with Gasteiger partial charge >= 0.3 is 0 Å². The van der Waals surface area contributed by atoms with E-state index in [4.69, 9.17) is 15.2 Å². The van der Waals surface area contributed by atoms with Crippen LogP contribution in [0.5, 0.6) is 11.5 Å². The van der Waals surface area contributed by atoms with E-state index in [1.165, 1.54) is 0 Å². The van der Waals surface area contributed by atoms with Crippen molar-refractivity contribution in [2.75, 3.05) is 25.8 Å². The summed E-state index contributed by atoms with van der Waals surface area (Å²) in [7, 11) is 3.25. The molecule has 0 saturated heterocycles. The summed E-state index contributed by atoms with van der Waals surface area (Å²) in [6.45, 7) is 0.445. The maximum atomic E-state index is 5.80. The maximum Gasteiger partial charge on any atom is 0.162 e. The Morgan fingerprint density at radius 2 is 2.04 bits per heavy atom. The summed E-state index contributed by atoms with van der Waals surface area (Å²) >= 11 is 0. The lowest BCUT2D eigenvalue weighted by molar-refractivity contribution is 0.355. The zero-order valence-corrected chi connectivity index (χ0v) is 13.3. The van der Waals surface area contributed by atoms with Gasteiger partial charge in [-0.05, 0) is 23.8 Å². The number of benzene rings is 1. The van der Waals surface area contributed by atoms with E-state index < -0.39 is 0 Å². The van der Waals surface area contributed by atoms with Crippen LogP contribution in [0.3, 0.4) is 0 Å². The fourth-order valence-electron chi connectivity index (χ4n) is 2.73. The average molecular weight is 312 g/mol. The fraction of sp³-hybridized carbons (Fsp3) is 0.294. The average Bonchev–Trinajstić information content (AvgIpc) is 3.06. The predicted molar refractivity (Wildman–Crippen MR) is 90.1 cm³/mol. The first-order chi connectivity index (χ1) is 11.3. The van der Waals surface area contributed by atoms with Crippen molar-refractivity contribution in [3.63, 3.8) is 0 Å². The van der Waals surface area contributed by atoms with Gasteiger partial charge in [0.25, 0.3) is 0 Å². The summed E-state index contributed by atoms with van der Waals surface area (Å²) in [5.41, 5.74) is 8.80. The zero-order chi connectivity index (χ0) is 16.2. The second kappa shape index (κ2) is 6.66. The van der Waals surface area contributed by atoms with Crippen molar-refractivity contribution in [2.45, 2.75) is 12.5 Å². The largest absolute Gasteiger partial charge is 0.493 e. The summed E-state index contributed by atoms with van der Waals surface area (Å²) in [4.78, 5) is 4.22. The summed E-state index contributed by atoms with van der Waals surface area (Å²) in [5.74, 6) is 1.36. The number of hydrogen-bond donors (Lipinski definition) is 1. The molecule has 1 unspecified atom stereocenters. The first-order valence-corrected chi connectivity index (χ1v) is 7.44. The molecule has 2 heterocycles. The van der Waals surface area contributed by atoms with Gasteiger partial charge in [-0.3, -0.25) is 9.99 Å². The molecule has 6 heteroatoms. The third-order valence-corrected chi connectivity index (χ3v) is 3.91. The summed E-state index contributed by atoms with van der Waals surface area (Å²) in [5, 5.41) is 6.64. The number of anilines is 1. The van der Waals surface area contributed by atoms with E-state index in [-0.39, 0.29) is 6.04 Å². The molecule has 0 radical (unpaired) electrons. The third kappa shape index (κ3) is 2.98. The van der Waals surface area contributed by atoms with E-state index in [0.29, 0.717) is 18.0 Å². The summed E-state index contributed by atoms with van der Waals surface area (Å²) in [6.07, 6.45) is 4.42. The maximum absolute atomic E-state index is 5.80. The lowest BCUT2D eigenvalue weighted by Crippen LogP contribution is -2.18. The van der Waals surface area contributed by atoms with Crippen LogP contribution >= 0.6 is 0 Å². The molecule has 120 valence electrons. The van der Waals surface area contributed by atoms with Crippen LogP contribution in [0.2, 0.25) is 0 Å². The van der Waals surface area contributed by atoms with Gasteiger partial charge in [0, 0.05) is 31.4 Å². The van der Waals surface area contributed by atoms with Crippen LogP contribution in [-0.4, -0.2) is 31.5 Å². The molecule has 2 aromatic rings. The van der Waals surface area contributed by atoms with Crippen LogP contribution in [0, 0.1) is 0 Å². The van der Waals surface area contributed by atoms with Gasteiger partial charge in [0.05, 0.1) is 31.7 Å². The van der Waals surface area contributed by atoms with Gasteiger partial charge in [0.1, 0.15) is 0 Å². The molecule has 0 spiro atoms. The van der Waals surface area contributed by atoms with Gasteiger partial charge in [-0.2, -0.15) is 5.10 Å². The van der Waals surface area contributed by atoms with Gasteiger partial charge in [-0.1, -0.05) is 6.07 Å². The highest BCUT2D eigenvalue weighted by atomic mass is 16.5. The molecule has 1 aliphatic heterocycles. The Balaban J connectivity index is 1.99. The van der Waals surface area contributed by atoms with Gasteiger partial charge in [0.2, 0.25) is 0 Å². The van der Waals surface area contributed by atoms with Crippen LogP contribution in [0.4, 0.5) is 5.69 Å². The summed E-state index contributed by atoms with van der Waals surface area (Å²) < 4.78 is 10.7. The lowest BCUT2D eigenvalue weighted by Gasteiger charge is -2.24. The van der Waals surface area contributed by atoms with Crippen LogP contribution < -0.4 is 20.2 Å². The van der Waals surface area contributed by atoms with Crippen LogP contribution in [-0.2, 0) is 0 Å². The number of pyridine rings is 1. The van der Waals surface area contributed by atoms with Crippen molar-refractivity contribution in [2.24, 2.45) is 10.8 Å². The number of aromatic nitrogens is 1. The van der Waals surface area contributed by atoms with Crippen LogP contribution in [0.15, 0.2) is 47.8 Å². The molecule has 2 N–H and O–H groups in total. The molecule has 0 saturated carbocycles. The Bertz CT molecular complexity index is 703. The minimum atomic E-state index is 0.0837. The normalized spacial score (nSPS) is 17.1. The quantitative estimate of drug-likeness (QED) is 0.917. The molecule has 1 atom stereocenters. The second-order valence-electron chi connectivity index (χ2n) is 5.26. The number of rotatable bonds is 5. The van der Waals surface area contributed by atoms with Gasteiger partial charge in [-0.15, -0.1) is 0 Å². The van der Waals surface area contributed by atoms with Crippen molar-refractivity contribution < 1.29 is 9.47 Å². The number of hydrogen-bond acceptors (Lipinski definition) is 6. The smallest absolute Gasteiger partial charge is 0.162 e. The zero-order valence-electron chi connectivity index (χ0n) is 13.3. The molecule has 0 bridgehead atoms. The third-order valence-electron chi connectivity index (χ3n) is 3.91. The highest BCUT2D eigenvalue weighted by Gasteiger charge is 2.29. The molecule has 1 aromatic carbocycles. The first kappa shape index (κ1) is 15.3. The van der Waals surface area contributed by atoms with E-state index in [1.54, 1.807) is 20.4 Å². The van der Waals surface area contributed by atoms with Crippen molar-refractivity contribution in [3.05, 3.63) is 48.3 Å². The molecule has 1 aromatic heterocycles. The summed E-state index contributed by atoms with van der Waals surface area (Å²) in [6, 6.07) is 9.84. The van der Waals surface area contributed by atoms with E-state index in [2.05, 4.69) is 16.2 Å². The number of nitrogens with zero attached hydrogens (tertiary/aromatic N) is 3. The molecular weight excluding hydrogens is 292 g/mol.